The van der Waals surface area contributed by atoms with Gasteiger partial charge in [0.05, 0.1) is 6.10 Å². The van der Waals surface area contributed by atoms with Crippen molar-refractivity contribution in [3.05, 3.63) is 12.3 Å². The van der Waals surface area contributed by atoms with Crippen LogP contribution < -0.4 is 0 Å². The molecule has 0 bridgehead atoms. The number of rotatable bonds is 2. The lowest BCUT2D eigenvalue weighted by Crippen LogP contribution is -2.42. The van der Waals surface area contributed by atoms with Gasteiger partial charge in [0, 0.05) is 25.9 Å². The first kappa shape index (κ1) is 9.59. The van der Waals surface area contributed by atoms with Gasteiger partial charge in [-0.25, -0.2) is 0 Å². The van der Waals surface area contributed by atoms with Crippen LogP contribution >= 0.6 is 0 Å². The lowest BCUT2D eigenvalue weighted by atomic mass is 9.95. The van der Waals surface area contributed by atoms with Crippen LogP contribution in [0.15, 0.2) is 12.3 Å². The van der Waals surface area contributed by atoms with Gasteiger partial charge in [-0.2, -0.15) is 0 Å². The Morgan fingerprint density at radius 3 is 2.75 bits per heavy atom. The van der Waals surface area contributed by atoms with Crippen LogP contribution in [-0.2, 0) is 4.74 Å². The molecule has 0 radical (unpaired) electrons. The number of nitrogens with zero attached hydrogens (tertiary/aromatic N) is 1. The summed E-state index contributed by atoms with van der Waals surface area (Å²) in [4.78, 5) is 2.30. The van der Waals surface area contributed by atoms with E-state index in [0.29, 0.717) is 12.0 Å². The molecule has 2 nitrogen and oxygen atoms in total. The molecule has 0 aromatic carbocycles. The van der Waals surface area contributed by atoms with Crippen LogP contribution in [0.1, 0.15) is 20.3 Å². The highest BCUT2D eigenvalue weighted by atomic mass is 16.5. The number of methoxy groups -OCH3 is 1. The van der Waals surface area contributed by atoms with Gasteiger partial charge in [-0.15, -0.1) is 0 Å². The molecule has 2 heteroatoms. The molecule has 1 heterocycles. The molecule has 1 aliphatic rings. The zero-order valence-corrected chi connectivity index (χ0v) is 8.34. The third-order valence-corrected chi connectivity index (χ3v) is 2.73. The first-order valence-corrected chi connectivity index (χ1v) is 4.58. The molecule has 12 heavy (non-hydrogen) atoms. The summed E-state index contributed by atoms with van der Waals surface area (Å²) in [5.74, 6) is 0.686. The molecule has 0 aromatic heterocycles. The first-order valence-electron chi connectivity index (χ1n) is 4.58. The second-order valence-corrected chi connectivity index (χ2v) is 3.72. The van der Waals surface area contributed by atoms with E-state index in [0.717, 1.165) is 18.8 Å². The number of hydrogen-bond donors (Lipinski definition) is 0. The number of ether oxygens (including phenoxy) is 1. The minimum atomic E-state index is 0.385. The van der Waals surface area contributed by atoms with E-state index in [-0.39, 0.29) is 0 Å². The van der Waals surface area contributed by atoms with E-state index in [1.165, 1.54) is 6.42 Å². The van der Waals surface area contributed by atoms with Crippen molar-refractivity contribution in [2.45, 2.75) is 26.4 Å². The van der Waals surface area contributed by atoms with E-state index < -0.39 is 0 Å². The van der Waals surface area contributed by atoms with Crippen molar-refractivity contribution in [3.8, 4) is 0 Å². The zero-order chi connectivity index (χ0) is 9.14. The number of hydrogen-bond acceptors (Lipinski definition) is 2. The summed E-state index contributed by atoms with van der Waals surface area (Å²) in [6, 6.07) is 0. The molecular formula is C10H19NO. The van der Waals surface area contributed by atoms with E-state index >= 15 is 0 Å². The van der Waals surface area contributed by atoms with Gasteiger partial charge < -0.3 is 9.64 Å². The van der Waals surface area contributed by atoms with Gasteiger partial charge in [0.25, 0.3) is 0 Å². The molecule has 70 valence electrons. The predicted molar refractivity (Wildman–Crippen MR) is 51.0 cm³/mol. The molecule has 0 N–H and O–H groups in total. The minimum absolute atomic E-state index is 0.385. The van der Waals surface area contributed by atoms with E-state index in [2.05, 4.69) is 25.3 Å². The number of piperidine rings is 1. The Kier molecular flexibility index (Phi) is 3.15. The normalized spacial score (nSPS) is 30.4. The Balaban J connectivity index is 2.49. The van der Waals surface area contributed by atoms with Crippen molar-refractivity contribution < 1.29 is 4.74 Å². The topological polar surface area (TPSA) is 12.5 Å². The average Bonchev–Trinajstić information content (AvgIpc) is 2.05. The van der Waals surface area contributed by atoms with E-state index in [1.807, 2.05) is 0 Å². The maximum absolute atomic E-state index is 5.40. The van der Waals surface area contributed by atoms with Crippen LogP contribution in [0.3, 0.4) is 0 Å². The van der Waals surface area contributed by atoms with Gasteiger partial charge in [0.15, 0.2) is 0 Å². The summed E-state index contributed by atoms with van der Waals surface area (Å²) in [5, 5.41) is 0. The molecule has 1 unspecified atom stereocenters. The minimum Gasteiger partial charge on any atom is -0.379 e. The van der Waals surface area contributed by atoms with Crippen molar-refractivity contribution in [2.24, 2.45) is 5.92 Å². The largest absolute Gasteiger partial charge is 0.379 e. The van der Waals surface area contributed by atoms with E-state index in [1.54, 1.807) is 7.11 Å². The molecule has 2 atom stereocenters. The van der Waals surface area contributed by atoms with Crippen LogP contribution in [0, 0.1) is 5.92 Å². The molecule has 0 spiro atoms. The van der Waals surface area contributed by atoms with Crippen LogP contribution in [0.2, 0.25) is 0 Å². The molecule has 1 saturated heterocycles. The van der Waals surface area contributed by atoms with Gasteiger partial charge in [-0.05, 0) is 19.3 Å². The van der Waals surface area contributed by atoms with Crippen LogP contribution in [0.4, 0.5) is 0 Å². The number of allylic oxidation sites excluding steroid dienone is 1. The summed E-state index contributed by atoms with van der Waals surface area (Å²) in [6.45, 7) is 10.4. The van der Waals surface area contributed by atoms with Gasteiger partial charge >= 0.3 is 0 Å². The Hall–Kier alpha value is -0.500. The highest BCUT2D eigenvalue weighted by Gasteiger charge is 2.25. The lowest BCUT2D eigenvalue weighted by Gasteiger charge is -2.37. The molecule has 1 aliphatic heterocycles. The molecular weight excluding hydrogens is 150 g/mol. The quantitative estimate of drug-likeness (QED) is 0.626. The fourth-order valence-electron chi connectivity index (χ4n) is 1.69. The van der Waals surface area contributed by atoms with Crippen LogP contribution in [0.25, 0.3) is 0 Å². The fraction of sp³-hybridized carbons (Fsp3) is 0.800. The molecule has 0 aromatic rings. The molecule has 1 rings (SSSR count). The van der Waals surface area contributed by atoms with Gasteiger partial charge in [-0.3, -0.25) is 0 Å². The van der Waals surface area contributed by atoms with E-state index in [4.69, 9.17) is 4.74 Å². The number of likely N-dealkylation sites (tertiary alicyclic amines) is 1. The summed E-state index contributed by atoms with van der Waals surface area (Å²) < 4.78 is 5.40. The molecule has 1 fully saturated rings. The fourth-order valence-corrected chi connectivity index (χ4v) is 1.69. The average molecular weight is 169 g/mol. The van der Waals surface area contributed by atoms with Crippen molar-refractivity contribution in [3.63, 3.8) is 0 Å². The van der Waals surface area contributed by atoms with Gasteiger partial charge in [-0.1, -0.05) is 13.5 Å². The third-order valence-electron chi connectivity index (χ3n) is 2.73. The third kappa shape index (κ3) is 2.01. The van der Waals surface area contributed by atoms with Gasteiger partial charge in [0.2, 0.25) is 0 Å². The molecule has 0 amide bonds. The standard InChI is InChI=1S/C10H19NO/c1-8(2)11-6-5-9(3)10(7-11)12-4/h9-10H,1,5-7H2,2-4H3/t9?,10-/m0/s1. The van der Waals surface area contributed by atoms with Crippen molar-refractivity contribution in [1.29, 1.82) is 0 Å². The van der Waals surface area contributed by atoms with Crippen molar-refractivity contribution in [2.75, 3.05) is 20.2 Å². The second kappa shape index (κ2) is 3.94. The summed E-state index contributed by atoms with van der Waals surface area (Å²) in [6.07, 6.45) is 1.60. The van der Waals surface area contributed by atoms with Crippen LogP contribution in [0.5, 0.6) is 0 Å². The zero-order valence-electron chi connectivity index (χ0n) is 8.34. The lowest BCUT2D eigenvalue weighted by molar-refractivity contribution is 0.00577. The predicted octanol–water partition coefficient (Wildman–Crippen LogP) is 1.88. The summed E-state index contributed by atoms with van der Waals surface area (Å²) in [5.41, 5.74) is 1.16. The first-order chi connectivity index (χ1) is 5.65. The second-order valence-electron chi connectivity index (χ2n) is 3.72. The smallest absolute Gasteiger partial charge is 0.0772 e. The SMILES string of the molecule is C=C(C)N1CCC(C)[C@@H](OC)C1. The Morgan fingerprint density at radius 1 is 1.58 bits per heavy atom. The van der Waals surface area contributed by atoms with Crippen LogP contribution in [-0.4, -0.2) is 31.2 Å². The molecule has 0 aliphatic carbocycles. The maximum atomic E-state index is 5.40. The summed E-state index contributed by atoms with van der Waals surface area (Å²) >= 11 is 0. The van der Waals surface area contributed by atoms with Gasteiger partial charge in [0.1, 0.15) is 0 Å². The monoisotopic (exact) mass is 169 g/mol. The Bertz CT molecular complexity index is 167. The maximum Gasteiger partial charge on any atom is 0.0772 e. The van der Waals surface area contributed by atoms with Crippen molar-refractivity contribution >= 4 is 0 Å². The molecule has 0 saturated carbocycles. The van der Waals surface area contributed by atoms with Crippen molar-refractivity contribution in [1.82, 2.24) is 4.90 Å². The summed E-state index contributed by atoms with van der Waals surface area (Å²) in [7, 11) is 1.79. The Morgan fingerprint density at radius 2 is 2.25 bits per heavy atom. The highest BCUT2D eigenvalue weighted by molar-refractivity contribution is 4.93. The van der Waals surface area contributed by atoms with E-state index in [9.17, 15) is 0 Å². The highest BCUT2D eigenvalue weighted by Crippen LogP contribution is 2.21. The Labute approximate surface area is 75.2 Å².